The van der Waals surface area contributed by atoms with Gasteiger partial charge in [0.2, 0.25) is 13.1 Å². The Balaban J connectivity index is 0.928. The highest BCUT2D eigenvalue weighted by molar-refractivity contribution is 5.75. The van der Waals surface area contributed by atoms with Crippen LogP contribution in [0, 0.1) is 0 Å². The zero-order valence-electron chi connectivity index (χ0n) is 29.3. The van der Waals surface area contributed by atoms with Gasteiger partial charge in [-0.3, -0.25) is 9.59 Å². The predicted molar refractivity (Wildman–Crippen MR) is 195 cm³/mol. The molecule has 2 N–H and O–H groups in total. The average molecular weight is 679 g/mol. The first kappa shape index (κ1) is 34.8. The van der Waals surface area contributed by atoms with Crippen LogP contribution in [-0.4, -0.2) is 11.8 Å². The van der Waals surface area contributed by atoms with Crippen LogP contribution < -0.4 is 28.9 Å². The van der Waals surface area contributed by atoms with Crippen molar-refractivity contribution in [3.05, 3.63) is 170 Å². The number of carbonyl (C=O) groups is 2. The molecule has 4 heterocycles. The highest BCUT2D eigenvalue weighted by Gasteiger charge is 2.16. The van der Waals surface area contributed by atoms with Gasteiger partial charge in [0.25, 0.3) is 11.8 Å². The summed E-state index contributed by atoms with van der Waals surface area (Å²) in [6, 6.07) is 36.7. The largest absolute Gasteiger partial charge is 0.344 e. The van der Waals surface area contributed by atoms with Crippen LogP contribution in [0.15, 0.2) is 159 Å². The number of amides is 2. The number of rotatable bonds is 14. The van der Waals surface area contributed by atoms with Crippen LogP contribution in [0.1, 0.15) is 43.5 Å². The van der Waals surface area contributed by atoms with Crippen molar-refractivity contribution >= 4 is 11.8 Å². The second-order valence-corrected chi connectivity index (χ2v) is 12.9. The fourth-order valence-electron chi connectivity index (χ4n) is 6.10. The van der Waals surface area contributed by atoms with Crippen molar-refractivity contribution in [1.29, 1.82) is 0 Å². The minimum absolute atomic E-state index is 0.0170. The molecule has 8 nitrogen and oxygen atoms in total. The molecule has 0 unspecified atom stereocenters. The Hall–Kier alpha value is -6.02. The standard InChI is InChI=1S/C43H44N6O2/c1-34(36-10-5-3-6-11-36)44-42(50)32-48-28-18-40(19-29-48)38-14-24-46(25-15-38)22-9-23-47-26-16-39(17-27-47)41-20-30-49(31-21-41)33-43(51)45-35(2)37-12-7-4-8-13-37/h3-8,10-21,24-31,34-35H,9,22-23,32-33H2,1-2H3/q+2/p+2/t34-,35+. The number of nitrogens with zero attached hydrogens (tertiary/aromatic N) is 4. The first-order valence-electron chi connectivity index (χ1n) is 17.6. The molecular formula is C43H46N6O2+4. The maximum absolute atomic E-state index is 12.6. The van der Waals surface area contributed by atoms with E-state index in [0.29, 0.717) is 0 Å². The minimum Gasteiger partial charge on any atom is -0.344 e. The van der Waals surface area contributed by atoms with Crippen LogP contribution in [0.4, 0.5) is 0 Å². The number of pyridine rings is 4. The van der Waals surface area contributed by atoms with Crippen molar-refractivity contribution in [2.24, 2.45) is 0 Å². The Bertz CT molecular complexity index is 1850. The zero-order chi connectivity index (χ0) is 35.4. The molecule has 6 rings (SSSR count). The van der Waals surface area contributed by atoms with Gasteiger partial charge in [-0.2, -0.15) is 9.13 Å². The van der Waals surface area contributed by atoms with Gasteiger partial charge in [0.1, 0.15) is 0 Å². The van der Waals surface area contributed by atoms with E-state index in [1.54, 1.807) is 0 Å². The lowest BCUT2D eigenvalue weighted by atomic mass is 10.1. The molecular weight excluding hydrogens is 633 g/mol. The third kappa shape index (κ3) is 10.0. The Morgan fingerprint density at radius 3 is 1.06 bits per heavy atom. The molecule has 4 aromatic heterocycles. The van der Waals surface area contributed by atoms with E-state index in [-0.39, 0.29) is 37.0 Å². The van der Waals surface area contributed by atoms with Gasteiger partial charge < -0.3 is 10.6 Å². The molecule has 0 aliphatic carbocycles. The molecule has 0 saturated carbocycles. The molecule has 0 saturated heterocycles. The number of benzene rings is 2. The van der Waals surface area contributed by atoms with Crippen LogP contribution in [0.5, 0.6) is 0 Å². The van der Waals surface area contributed by atoms with Crippen molar-refractivity contribution in [3.63, 3.8) is 0 Å². The van der Waals surface area contributed by atoms with Gasteiger partial charge >= 0.3 is 0 Å². The summed E-state index contributed by atoms with van der Waals surface area (Å²) in [6.07, 6.45) is 17.3. The van der Waals surface area contributed by atoms with Gasteiger partial charge in [-0.15, -0.1) is 0 Å². The zero-order valence-corrected chi connectivity index (χ0v) is 29.3. The van der Waals surface area contributed by atoms with Gasteiger partial charge in [-0.1, -0.05) is 60.7 Å². The lowest BCUT2D eigenvalue weighted by molar-refractivity contribution is -0.726. The third-order valence-electron chi connectivity index (χ3n) is 9.07. The molecule has 8 heteroatoms. The monoisotopic (exact) mass is 678 g/mol. The van der Waals surface area contributed by atoms with Crippen LogP contribution in [0.3, 0.4) is 0 Å². The summed E-state index contributed by atoms with van der Waals surface area (Å²) in [5, 5.41) is 6.14. The topological polar surface area (TPSA) is 73.7 Å². The molecule has 0 fully saturated rings. The Labute approximate surface area is 300 Å². The van der Waals surface area contributed by atoms with Gasteiger partial charge in [0, 0.05) is 48.5 Å². The lowest BCUT2D eigenvalue weighted by Gasteiger charge is -2.12. The van der Waals surface area contributed by atoms with E-state index < -0.39 is 0 Å². The summed E-state index contributed by atoms with van der Waals surface area (Å²) in [6.45, 7) is 6.37. The second-order valence-electron chi connectivity index (χ2n) is 12.9. The van der Waals surface area contributed by atoms with E-state index in [9.17, 15) is 9.59 Å². The number of carbonyl (C=O) groups excluding carboxylic acids is 2. The number of hydrogen-bond acceptors (Lipinski definition) is 2. The minimum atomic E-state index is -0.0360. The normalized spacial score (nSPS) is 12.1. The summed E-state index contributed by atoms with van der Waals surface area (Å²) in [5.74, 6) is -0.0339. The van der Waals surface area contributed by atoms with Crippen LogP contribution in [-0.2, 0) is 35.8 Å². The molecule has 2 aromatic carbocycles. The van der Waals surface area contributed by atoms with Crippen molar-refractivity contribution < 1.29 is 27.9 Å². The van der Waals surface area contributed by atoms with E-state index in [2.05, 4.69) is 68.8 Å². The molecule has 6 aromatic rings. The molecule has 256 valence electrons. The predicted octanol–water partition coefficient (Wildman–Crippen LogP) is 5.02. The smallest absolute Gasteiger partial charge is 0.286 e. The first-order chi connectivity index (χ1) is 24.9. The fraction of sp³-hybridized carbons (Fsp3) is 0.209. The molecule has 0 bridgehead atoms. The van der Waals surface area contributed by atoms with Crippen LogP contribution in [0.25, 0.3) is 22.3 Å². The van der Waals surface area contributed by atoms with Crippen molar-refractivity contribution in [3.8, 4) is 22.3 Å². The quantitative estimate of drug-likeness (QED) is 0.159. The number of nitrogens with one attached hydrogen (secondary N) is 2. The van der Waals surface area contributed by atoms with Gasteiger partial charge in [-0.25, -0.2) is 9.13 Å². The van der Waals surface area contributed by atoms with E-state index in [1.165, 1.54) is 0 Å². The number of aryl methyl sites for hydroxylation is 2. The van der Waals surface area contributed by atoms with Crippen molar-refractivity contribution in [2.45, 2.75) is 58.5 Å². The average Bonchev–Trinajstić information content (AvgIpc) is 3.16. The summed E-state index contributed by atoms with van der Waals surface area (Å²) in [4.78, 5) is 25.2. The molecule has 0 aliphatic heterocycles. The number of hydrogen-bond donors (Lipinski definition) is 2. The van der Waals surface area contributed by atoms with Crippen LogP contribution >= 0.6 is 0 Å². The molecule has 0 spiro atoms. The summed E-state index contributed by atoms with van der Waals surface area (Å²) in [7, 11) is 0. The Morgan fingerprint density at radius 1 is 0.451 bits per heavy atom. The summed E-state index contributed by atoms with van der Waals surface area (Å²) < 4.78 is 8.22. The van der Waals surface area contributed by atoms with Crippen LogP contribution in [0.2, 0.25) is 0 Å². The Kier molecular flexibility index (Phi) is 11.7. The highest BCUT2D eigenvalue weighted by atomic mass is 16.2. The maximum atomic E-state index is 12.6. The van der Waals surface area contributed by atoms with Gasteiger partial charge in [0.05, 0.1) is 18.5 Å². The lowest BCUT2D eigenvalue weighted by Crippen LogP contribution is -2.43. The fourth-order valence-corrected chi connectivity index (χ4v) is 6.10. The number of aromatic nitrogens is 4. The van der Waals surface area contributed by atoms with Crippen molar-refractivity contribution in [1.82, 2.24) is 10.6 Å². The van der Waals surface area contributed by atoms with E-state index >= 15 is 0 Å². The van der Waals surface area contributed by atoms with Crippen molar-refractivity contribution in [2.75, 3.05) is 0 Å². The van der Waals surface area contributed by atoms with Gasteiger partial charge in [-0.05, 0) is 47.2 Å². The Morgan fingerprint density at radius 2 is 0.745 bits per heavy atom. The summed E-state index contributed by atoms with van der Waals surface area (Å²) >= 11 is 0. The SMILES string of the molecule is C[C@H](NC(=O)C[n+]1ccc(-c2cc[n+](CCC[n+]3ccc(-c4cc[n+](CC(=O)N[C@H](C)c5ccccc5)cc4)cc3)cc2)cc1)c1ccccc1. The molecule has 0 aliphatic rings. The highest BCUT2D eigenvalue weighted by Crippen LogP contribution is 2.17. The molecule has 0 radical (unpaired) electrons. The van der Waals surface area contributed by atoms with E-state index in [0.717, 1.165) is 52.9 Å². The molecule has 2 amide bonds. The second kappa shape index (κ2) is 17.1. The van der Waals surface area contributed by atoms with E-state index in [1.807, 2.05) is 133 Å². The third-order valence-corrected chi connectivity index (χ3v) is 9.07. The first-order valence-corrected chi connectivity index (χ1v) is 17.6. The maximum Gasteiger partial charge on any atom is 0.286 e. The van der Waals surface area contributed by atoms with E-state index in [4.69, 9.17) is 0 Å². The van der Waals surface area contributed by atoms with Gasteiger partial charge in [0.15, 0.2) is 62.7 Å². The summed E-state index contributed by atoms with van der Waals surface area (Å²) in [5.41, 5.74) is 6.68. The molecule has 51 heavy (non-hydrogen) atoms. The molecule has 2 atom stereocenters.